The van der Waals surface area contributed by atoms with Crippen molar-refractivity contribution in [3.8, 4) is 11.5 Å². The highest BCUT2D eigenvalue weighted by Gasteiger charge is 2.04. The summed E-state index contributed by atoms with van der Waals surface area (Å²) in [6.07, 6.45) is 2.55. The molecule has 0 radical (unpaired) electrons. The van der Waals surface area contributed by atoms with Gasteiger partial charge in [0.05, 0.1) is 11.9 Å². The molecule has 4 heteroatoms. The summed E-state index contributed by atoms with van der Waals surface area (Å²) < 4.78 is 5.79. The van der Waals surface area contributed by atoms with Crippen LogP contribution in [0, 0.1) is 0 Å². The van der Waals surface area contributed by atoms with Crippen LogP contribution >= 0.6 is 12.2 Å². The van der Waals surface area contributed by atoms with E-state index < -0.39 is 0 Å². The molecule has 0 unspecified atom stereocenters. The Bertz CT molecular complexity index is 552. The molecule has 0 bridgehead atoms. The summed E-state index contributed by atoms with van der Waals surface area (Å²) >= 11 is 4.85. The van der Waals surface area contributed by atoms with E-state index in [1.54, 1.807) is 12.3 Å². The Morgan fingerprint density at radius 2 is 2.06 bits per heavy atom. The molecule has 0 aliphatic rings. The van der Waals surface area contributed by atoms with E-state index in [4.69, 9.17) is 22.7 Å². The zero-order chi connectivity index (χ0) is 13.0. The van der Waals surface area contributed by atoms with Gasteiger partial charge in [0.15, 0.2) is 0 Å². The van der Waals surface area contributed by atoms with Gasteiger partial charge in [0.1, 0.15) is 16.5 Å². The van der Waals surface area contributed by atoms with Crippen LogP contribution in [0.1, 0.15) is 18.2 Å². The molecule has 1 heterocycles. The number of hydrogen-bond donors (Lipinski definition) is 1. The number of thiocarbonyl (C=S) groups is 1. The zero-order valence-electron chi connectivity index (χ0n) is 10.1. The number of hydrogen-bond acceptors (Lipinski definition) is 3. The van der Waals surface area contributed by atoms with Crippen LogP contribution in [0.25, 0.3) is 0 Å². The number of para-hydroxylation sites is 1. The molecule has 2 N–H and O–H groups in total. The Morgan fingerprint density at radius 3 is 2.67 bits per heavy atom. The van der Waals surface area contributed by atoms with Crippen molar-refractivity contribution in [1.82, 2.24) is 4.98 Å². The van der Waals surface area contributed by atoms with Crippen molar-refractivity contribution in [3.63, 3.8) is 0 Å². The normalized spacial score (nSPS) is 10.1. The van der Waals surface area contributed by atoms with E-state index in [1.165, 1.54) is 0 Å². The lowest BCUT2D eigenvalue weighted by Gasteiger charge is -2.09. The molecule has 2 aromatic rings. The topological polar surface area (TPSA) is 48.1 Å². The lowest BCUT2D eigenvalue weighted by molar-refractivity contribution is 0.474. The summed E-state index contributed by atoms with van der Waals surface area (Å²) in [5.74, 6) is 1.53. The first-order chi connectivity index (χ1) is 8.70. The van der Waals surface area contributed by atoms with Gasteiger partial charge < -0.3 is 10.5 Å². The molecule has 3 nitrogen and oxygen atoms in total. The van der Waals surface area contributed by atoms with Crippen molar-refractivity contribution in [2.24, 2.45) is 5.73 Å². The fourth-order valence-corrected chi connectivity index (χ4v) is 1.73. The standard InChI is InChI=1S/C14H14N2OS/c1-2-10-5-3-4-6-13(10)17-11-7-8-12(14(15)18)16-9-11/h3-9H,2H2,1H3,(H2,15,18). The number of nitrogens with zero attached hydrogens (tertiary/aromatic N) is 1. The Hall–Kier alpha value is -1.94. The van der Waals surface area contributed by atoms with Crippen molar-refractivity contribution < 1.29 is 4.74 Å². The summed E-state index contributed by atoms with van der Waals surface area (Å²) in [6.45, 7) is 2.09. The second kappa shape index (κ2) is 5.60. The van der Waals surface area contributed by atoms with Gasteiger partial charge in [-0.2, -0.15) is 0 Å². The smallest absolute Gasteiger partial charge is 0.145 e. The quantitative estimate of drug-likeness (QED) is 0.856. The van der Waals surface area contributed by atoms with E-state index >= 15 is 0 Å². The van der Waals surface area contributed by atoms with E-state index in [9.17, 15) is 0 Å². The summed E-state index contributed by atoms with van der Waals surface area (Å²) in [6, 6.07) is 11.5. The minimum Gasteiger partial charge on any atom is -0.455 e. The predicted molar refractivity (Wildman–Crippen MR) is 76.0 cm³/mol. The van der Waals surface area contributed by atoms with E-state index in [0.29, 0.717) is 11.4 Å². The van der Waals surface area contributed by atoms with E-state index in [1.807, 2.05) is 30.3 Å². The van der Waals surface area contributed by atoms with Gasteiger partial charge in [-0.15, -0.1) is 0 Å². The highest BCUT2D eigenvalue weighted by atomic mass is 32.1. The summed E-state index contributed by atoms with van der Waals surface area (Å²) in [7, 11) is 0. The third-order valence-corrected chi connectivity index (χ3v) is 2.78. The molecule has 1 aromatic carbocycles. The van der Waals surface area contributed by atoms with Crippen molar-refractivity contribution in [1.29, 1.82) is 0 Å². The maximum Gasteiger partial charge on any atom is 0.145 e. The van der Waals surface area contributed by atoms with Gasteiger partial charge in [0, 0.05) is 0 Å². The van der Waals surface area contributed by atoms with Gasteiger partial charge in [-0.3, -0.25) is 0 Å². The first kappa shape index (κ1) is 12.5. The van der Waals surface area contributed by atoms with Gasteiger partial charge in [0.25, 0.3) is 0 Å². The second-order valence-corrected chi connectivity index (χ2v) is 4.25. The van der Waals surface area contributed by atoms with E-state index in [-0.39, 0.29) is 4.99 Å². The molecule has 0 aliphatic heterocycles. The Labute approximate surface area is 112 Å². The predicted octanol–water partition coefficient (Wildman–Crippen LogP) is 3.07. The molecule has 18 heavy (non-hydrogen) atoms. The Morgan fingerprint density at radius 1 is 1.28 bits per heavy atom. The lowest BCUT2D eigenvalue weighted by Crippen LogP contribution is -2.10. The maximum absolute atomic E-state index is 5.79. The van der Waals surface area contributed by atoms with Gasteiger partial charge in [-0.1, -0.05) is 37.3 Å². The van der Waals surface area contributed by atoms with Crippen LogP contribution in [0.2, 0.25) is 0 Å². The molecule has 0 amide bonds. The fourth-order valence-electron chi connectivity index (χ4n) is 1.61. The molecular weight excluding hydrogens is 244 g/mol. The Kier molecular flexibility index (Phi) is 3.89. The molecule has 2 rings (SSSR count). The number of aromatic nitrogens is 1. The molecule has 0 fully saturated rings. The fraction of sp³-hybridized carbons (Fsp3) is 0.143. The van der Waals surface area contributed by atoms with Gasteiger partial charge in [-0.05, 0) is 30.2 Å². The third-order valence-electron chi connectivity index (χ3n) is 2.57. The first-order valence-electron chi connectivity index (χ1n) is 5.72. The van der Waals surface area contributed by atoms with Gasteiger partial charge in [0.2, 0.25) is 0 Å². The molecular formula is C14H14N2OS. The lowest BCUT2D eigenvalue weighted by atomic mass is 10.1. The van der Waals surface area contributed by atoms with Crippen LogP contribution in [-0.4, -0.2) is 9.97 Å². The number of aryl methyl sites for hydroxylation is 1. The molecule has 0 saturated heterocycles. The van der Waals surface area contributed by atoms with Crippen molar-refractivity contribution >= 4 is 17.2 Å². The SMILES string of the molecule is CCc1ccccc1Oc1ccc(C(N)=S)nc1. The van der Waals surface area contributed by atoms with Crippen molar-refractivity contribution in [3.05, 3.63) is 53.9 Å². The number of pyridine rings is 1. The molecule has 1 aromatic heterocycles. The first-order valence-corrected chi connectivity index (χ1v) is 6.13. The number of nitrogens with two attached hydrogens (primary N) is 1. The van der Waals surface area contributed by atoms with E-state index in [2.05, 4.69) is 11.9 Å². The van der Waals surface area contributed by atoms with Crippen molar-refractivity contribution in [2.45, 2.75) is 13.3 Å². The number of rotatable bonds is 4. The molecule has 92 valence electrons. The third kappa shape index (κ3) is 2.84. The molecule has 0 aliphatic carbocycles. The minimum atomic E-state index is 0.288. The average Bonchev–Trinajstić information content (AvgIpc) is 2.40. The van der Waals surface area contributed by atoms with Crippen LogP contribution in [-0.2, 0) is 6.42 Å². The van der Waals surface area contributed by atoms with Crippen LogP contribution in [0.5, 0.6) is 11.5 Å². The average molecular weight is 258 g/mol. The van der Waals surface area contributed by atoms with Crippen LogP contribution in [0.4, 0.5) is 0 Å². The molecule has 0 atom stereocenters. The molecule has 0 spiro atoms. The number of ether oxygens (including phenoxy) is 1. The summed E-state index contributed by atoms with van der Waals surface area (Å²) in [4.78, 5) is 4.43. The second-order valence-electron chi connectivity index (χ2n) is 3.81. The van der Waals surface area contributed by atoms with Crippen LogP contribution in [0.15, 0.2) is 42.6 Å². The minimum absolute atomic E-state index is 0.288. The monoisotopic (exact) mass is 258 g/mol. The van der Waals surface area contributed by atoms with Gasteiger partial charge >= 0.3 is 0 Å². The highest BCUT2D eigenvalue weighted by Crippen LogP contribution is 2.24. The van der Waals surface area contributed by atoms with Crippen molar-refractivity contribution in [2.75, 3.05) is 0 Å². The largest absolute Gasteiger partial charge is 0.455 e. The van der Waals surface area contributed by atoms with Crippen LogP contribution in [0.3, 0.4) is 0 Å². The maximum atomic E-state index is 5.79. The zero-order valence-corrected chi connectivity index (χ0v) is 10.9. The highest BCUT2D eigenvalue weighted by molar-refractivity contribution is 7.80. The Balaban J connectivity index is 2.21. The molecule has 0 saturated carbocycles. The number of benzene rings is 1. The van der Waals surface area contributed by atoms with Crippen LogP contribution < -0.4 is 10.5 Å². The van der Waals surface area contributed by atoms with Gasteiger partial charge in [-0.25, -0.2) is 4.98 Å². The summed E-state index contributed by atoms with van der Waals surface area (Å²) in [5.41, 5.74) is 7.25. The summed E-state index contributed by atoms with van der Waals surface area (Å²) in [5, 5.41) is 0. The van der Waals surface area contributed by atoms with E-state index in [0.717, 1.165) is 17.7 Å².